The van der Waals surface area contributed by atoms with Crippen LogP contribution in [0.25, 0.3) is 10.6 Å². The van der Waals surface area contributed by atoms with E-state index in [0.29, 0.717) is 41.7 Å². The highest BCUT2D eigenvalue weighted by atomic mass is 32.2. The van der Waals surface area contributed by atoms with Crippen LogP contribution in [0.4, 0.5) is 13.2 Å². The number of rotatable bonds is 10. The lowest BCUT2D eigenvalue weighted by Crippen LogP contribution is -2.47. The highest BCUT2D eigenvalue weighted by Gasteiger charge is 2.30. The summed E-state index contributed by atoms with van der Waals surface area (Å²) in [6.45, 7) is 10.5. The first-order valence-electron chi connectivity index (χ1n) is 13.7. The van der Waals surface area contributed by atoms with Crippen LogP contribution in [-0.2, 0) is 32.8 Å². The SMILES string of the molecule is CCOC(=O)C(C)Oc1ccc(SCc2sc(-c3ccc(C(F)(F)F)cc3)nc2CN2CCN(C(C)=O)CC2)cc1C. The van der Waals surface area contributed by atoms with Gasteiger partial charge in [-0.3, -0.25) is 9.69 Å². The van der Waals surface area contributed by atoms with E-state index < -0.39 is 23.8 Å². The smallest absolute Gasteiger partial charge is 0.416 e. The molecule has 12 heteroatoms. The number of hydrogen-bond donors (Lipinski definition) is 0. The molecule has 1 amide bonds. The minimum absolute atomic E-state index is 0.0621. The number of ether oxygens (including phenoxy) is 2. The molecule has 0 bridgehead atoms. The molecule has 2 aromatic carbocycles. The van der Waals surface area contributed by atoms with Crippen LogP contribution in [0.1, 0.15) is 42.5 Å². The molecule has 7 nitrogen and oxygen atoms in total. The van der Waals surface area contributed by atoms with Crippen molar-refractivity contribution >= 4 is 35.0 Å². The van der Waals surface area contributed by atoms with E-state index in [1.54, 1.807) is 32.5 Å². The number of carbonyl (C=O) groups is 2. The Morgan fingerprint density at radius 1 is 1.10 bits per heavy atom. The van der Waals surface area contributed by atoms with Gasteiger partial charge >= 0.3 is 12.1 Å². The van der Waals surface area contributed by atoms with E-state index in [2.05, 4.69) is 4.90 Å². The second-order valence-electron chi connectivity index (χ2n) is 9.97. The maximum Gasteiger partial charge on any atom is 0.416 e. The average Bonchev–Trinajstić information content (AvgIpc) is 3.35. The number of thiazole rings is 1. The molecule has 0 N–H and O–H groups in total. The predicted octanol–water partition coefficient (Wildman–Crippen LogP) is 6.42. The van der Waals surface area contributed by atoms with Crippen molar-refractivity contribution < 1.29 is 32.2 Å². The lowest BCUT2D eigenvalue weighted by molar-refractivity contribution is -0.150. The highest BCUT2D eigenvalue weighted by molar-refractivity contribution is 7.98. The number of carbonyl (C=O) groups excluding carboxylic acids is 2. The molecule has 1 aliphatic heterocycles. The Morgan fingerprint density at radius 2 is 1.79 bits per heavy atom. The van der Waals surface area contributed by atoms with E-state index in [-0.39, 0.29) is 12.5 Å². The summed E-state index contributed by atoms with van der Waals surface area (Å²) in [6, 6.07) is 10.9. The molecule has 4 rings (SSSR count). The number of benzene rings is 2. The van der Waals surface area contributed by atoms with Gasteiger partial charge in [0.15, 0.2) is 6.10 Å². The molecule has 1 fully saturated rings. The van der Waals surface area contributed by atoms with Gasteiger partial charge in [0.1, 0.15) is 10.8 Å². The molecule has 0 saturated carbocycles. The van der Waals surface area contributed by atoms with Crippen molar-refractivity contribution in [3.63, 3.8) is 0 Å². The molecule has 1 aliphatic rings. The molecule has 3 aromatic rings. The molecule has 0 aliphatic carbocycles. The number of alkyl halides is 3. The minimum Gasteiger partial charge on any atom is -0.479 e. The van der Waals surface area contributed by atoms with Gasteiger partial charge in [-0.1, -0.05) is 12.1 Å². The first-order chi connectivity index (χ1) is 19.9. The quantitative estimate of drug-likeness (QED) is 0.191. The first kappa shape index (κ1) is 31.8. The maximum absolute atomic E-state index is 13.1. The third kappa shape index (κ3) is 8.26. The molecule has 1 unspecified atom stereocenters. The summed E-state index contributed by atoms with van der Waals surface area (Å²) < 4.78 is 50.1. The van der Waals surface area contributed by atoms with Gasteiger partial charge in [-0.15, -0.1) is 23.1 Å². The molecular formula is C30H34F3N3O4S2. The fourth-order valence-electron chi connectivity index (χ4n) is 4.47. The van der Waals surface area contributed by atoms with Gasteiger partial charge in [0.25, 0.3) is 0 Å². The first-order valence-corrected chi connectivity index (χ1v) is 15.5. The number of aryl methyl sites for hydroxylation is 1. The molecule has 2 heterocycles. The summed E-state index contributed by atoms with van der Waals surface area (Å²) in [5, 5.41) is 0.671. The van der Waals surface area contributed by atoms with Crippen molar-refractivity contribution in [3.8, 4) is 16.3 Å². The summed E-state index contributed by atoms with van der Waals surface area (Å²) in [7, 11) is 0. The average molecular weight is 622 g/mol. The molecule has 0 spiro atoms. The zero-order valence-electron chi connectivity index (χ0n) is 24.0. The number of hydrogen-bond acceptors (Lipinski definition) is 8. The Labute approximate surface area is 252 Å². The van der Waals surface area contributed by atoms with Crippen LogP contribution in [0.5, 0.6) is 5.75 Å². The van der Waals surface area contributed by atoms with Gasteiger partial charge in [0.2, 0.25) is 5.91 Å². The second kappa shape index (κ2) is 13.9. The zero-order valence-corrected chi connectivity index (χ0v) is 25.6. The van der Waals surface area contributed by atoms with Crippen LogP contribution in [0.15, 0.2) is 47.4 Å². The number of esters is 1. The molecule has 0 radical (unpaired) electrons. The van der Waals surface area contributed by atoms with Crippen LogP contribution in [0.3, 0.4) is 0 Å². The number of nitrogens with zero attached hydrogens (tertiary/aromatic N) is 3. The van der Waals surface area contributed by atoms with Crippen molar-refractivity contribution in [2.45, 2.75) is 57.2 Å². The normalized spacial score (nSPS) is 15.0. The third-order valence-corrected chi connectivity index (χ3v) is 9.22. The number of amides is 1. The summed E-state index contributed by atoms with van der Waals surface area (Å²) in [6.07, 6.45) is -5.12. The van der Waals surface area contributed by atoms with Crippen LogP contribution in [0.2, 0.25) is 0 Å². The fourth-order valence-corrected chi connectivity index (χ4v) is 6.64. The number of halogens is 3. The van der Waals surface area contributed by atoms with E-state index in [0.717, 1.165) is 46.3 Å². The molecule has 42 heavy (non-hydrogen) atoms. The molecule has 1 aromatic heterocycles. The van der Waals surface area contributed by atoms with Crippen LogP contribution in [0, 0.1) is 6.92 Å². The number of aromatic nitrogens is 1. The topological polar surface area (TPSA) is 72.0 Å². The fraction of sp³-hybridized carbons (Fsp3) is 0.433. The van der Waals surface area contributed by atoms with E-state index in [9.17, 15) is 22.8 Å². The maximum atomic E-state index is 13.1. The van der Waals surface area contributed by atoms with Crippen LogP contribution in [-0.4, -0.2) is 65.6 Å². The lowest BCUT2D eigenvalue weighted by Gasteiger charge is -2.33. The van der Waals surface area contributed by atoms with E-state index in [1.807, 2.05) is 30.0 Å². The van der Waals surface area contributed by atoms with Gasteiger partial charge in [-0.2, -0.15) is 13.2 Å². The van der Waals surface area contributed by atoms with Crippen LogP contribution < -0.4 is 4.74 Å². The standard InChI is InChI=1S/C30H34F3N3O4S2/c1-5-39-29(38)20(3)40-26-11-10-24(16-19(26)2)41-18-27-25(17-35-12-14-36(15-13-35)21(4)37)34-28(42-27)22-6-8-23(9-7-22)30(31,32)33/h6-11,16,20H,5,12-15,17-18H2,1-4H3. The summed E-state index contributed by atoms with van der Waals surface area (Å²) in [5.74, 6) is 0.874. The van der Waals surface area contributed by atoms with E-state index in [4.69, 9.17) is 14.5 Å². The Morgan fingerprint density at radius 3 is 2.38 bits per heavy atom. The highest BCUT2D eigenvalue weighted by Crippen LogP contribution is 2.36. The summed E-state index contributed by atoms with van der Waals surface area (Å²) in [5.41, 5.74) is 1.72. The predicted molar refractivity (Wildman–Crippen MR) is 158 cm³/mol. The number of thioether (sulfide) groups is 1. The molecule has 1 atom stereocenters. The van der Waals surface area contributed by atoms with Crippen molar-refractivity contribution in [2.24, 2.45) is 0 Å². The zero-order chi connectivity index (χ0) is 30.4. The van der Waals surface area contributed by atoms with Crippen molar-refractivity contribution in [1.82, 2.24) is 14.8 Å². The Kier molecular flexibility index (Phi) is 10.6. The van der Waals surface area contributed by atoms with Crippen molar-refractivity contribution in [3.05, 3.63) is 64.2 Å². The van der Waals surface area contributed by atoms with E-state index >= 15 is 0 Å². The minimum atomic E-state index is -4.40. The largest absolute Gasteiger partial charge is 0.479 e. The molecule has 1 saturated heterocycles. The van der Waals surface area contributed by atoms with Crippen molar-refractivity contribution in [2.75, 3.05) is 32.8 Å². The Hall–Kier alpha value is -3.09. The number of piperazine rings is 1. The van der Waals surface area contributed by atoms with Crippen molar-refractivity contribution in [1.29, 1.82) is 0 Å². The van der Waals surface area contributed by atoms with Gasteiger partial charge in [-0.05, 0) is 56.7 Å². The van der Waals surface area contributed by atoms with Gasteiger partial charge in [0, 0.05) is 60.7 Å². The van der Waals surface area contributed by atoms with Crippen LogP contribution >= 0.6 is 23.1 Å². The van der Waals surface area contributed by atoms with Gasteiger partial charge < -0.3 is 14.4 Å². The molecule has 226 valence electrons. The van der Waals surface area contributed by atoms with Gasteiger partial charge in [-0.25, -0.2) is 9.78 Å². The third-order valence-electron chi connectivity index (χ3n) is 6.87. The second-order valence-corrected chi connectivity index (χ2v) is 12.1. The van der Waals surface area contributed by atoms with Gasteiger partial charge in [0.05, 0.1) is 17.9 Å². The molecular weight excluding hydrogens is 587 g/mol. The Bertz CT molecular complexity index is 1390. The lowest BCUT2D eigenvalue weighted by atomic mass is 10.1. The summed E-state index contributed by atoms with van der Waals surface area (Å²) in [4.78, 5) is 34.7. The monoisotopic (exact) mass is 621 g/mol. The Balaban J connectivity index is 1.50. The summed E-state index contributed by atoms with van der Waals surface area (Å²) >= 11 is 3.11. The van der Waals surface area contributed by atoms with E-state index in [1.165, 1.54) is 23.5 Å².